The molecule has 0 saturated heterocycles. The van der Waals surface area contributed by atoms with Crippen molar-refractivity contribution in [2.24, 2.45) is 0 Å². The van der Waals surface area contributed by atoms with Crippen molar-refractivity contribution in [1.29, 1.82) is 0 Å². The molecule has 0 aliphatic heterocycles. The van der Waals surface area contributed by atoms with Crippen LogP contribution in [0.25, 0.3) is 0 Å². The Kier molecular flexibility index (Phi) is 3.27. The smallest absolute Gasteiger partial charge is 0.0656 e. The third kappa shape index (κ3) is 2.43. The molecule has 0 spiro atoms. The van der Waals surface area contributed by atoms with Crippen molar-refractivity contribution < 1.29 is 0 Å². The normalized spacial score (nSPS) is 10.3. The quantitative estimate of drug-likeness (QED) is 0.800. The molecule has 0 aliphatic carbocycles. The largest absolute Gasteiger partial charge is 0.398 e. The molecule has 0 bridgehead atoms. The molecule has 0 unspecified atom stereocenters. The number of benzene rings is 2. The lowest BCUT2D eigenvalue weighted by Crippen LogP contribution is -1.93. The van der Waals surface area contributed by atoms with Crippen LogP contribution in [0.1, 0.15) is 0 Å². The van der Waals surface area contributed by atoms with Crippen molar-refractivity contribution in [3.63, 3.8) is 0 Å². The van der Waals surface area contributed by atoms with Crippen LogP contribution in [0, 0.1) is 0 Å². The molecule has 16 heavy (non-hydrogen) atoms. The average molecular weight is 251 g/mol. The monoisotopic (exact) mass is 250 g/mol. The predicted octanol–water partition coefficient (Wildman–Crippen LogP) is 3.66. The minimum atomic E-state index is 0.495. The molecule has 4 N–H and O–H groups in total. The standard InChI is InChI=1S/C12H11ClN2S/c13-9-6-11(15)12(7-10(9)14)16-8-4-2-1-3-5-8/h1-7H,14-15H2. The van der Waals surface area contributed by atoms with E-state index in [1.54, 1.807) is 23.9 Å². The summed E-state index contributed by atoms with van der Waals surface area (Å²) >= 11 is 7.45. The van der Waals surface area contributed by atoms with Crippen molar-refractivity contribution in [1.82, 2.24) is 0 Å². The number of rotatable bonds is 2. The Bertz CT molecular complexity index is 500. The molecule has 0 radical (unpaired) electrons. The van der Waals surface area contributed by atoms with E-state index in [2.05, 4.69) is 0 Å². The van der Waals surface area contributed by atoms with Crippen LogP contribution in [-0.4, -0.2) is 0 Å². The van der Waals surface area contributed by atoms with Crippen LogP contribution in [0.5, 0.6) is 0 Å². The molecule has 2 nitrogen and oxygen atoms in total. The minimum Gasteiger partial charge on any atom is -0.398 e. The minimum absolute atomic E-state index is 0.495. The summed E-state index contributed by atoms with van der Waals surface area (Å²) in [6.07, 6.45) is 0. The Morgan fingerprint density at radius 2 is 1.62 bits per heavy atom. The molecule has 0 amide bonds. The van der Waals surface area contributed by atoms with E-state index in [9.17, 15) is 0 Å². The van der Waals surface area contributed by atoms with Crippen molar-refractivity contribution in [3.05, 3.63) is 47.5 Å². The van der Waals surface area contributed by atoms with Gasteiger partial charge in [0.05, 0.1) is 10.7 Å². The highest BCUT2D eigenvalue weighted by Gasteiger charge is 2.05. The van der Waals surface area contributed by atoms with Gasteiger partial charge in [0.2, 0.25) is 0 Å². The summed E-state index contributed by atoms with van der Waals surface area (Å²) in [5, 5.41) is 0.495. The summed E-state index contributed by atoms with van der Waals surface area (Å²) in [7, 11) is 0. The number of nitrogens with two attached hydrogens (primary N) is 2. The molecule has 2 rings (SSSR count). The van der Waals surface area contributed by atoms with Gasteiger partial charge in [-0.3, -0.25) is 0 Å². The molecule has 2 aromatic carbocycles. The summed E-state index contributed by atoms with van der Waals surface area (Å²) in [6, 6.07) is 13.5. The van der Waals surface area contributed by atoms with E-state index in [1.807, 2.05) is 30.3 Å². The van der Waals surface area contributed by atoms with Crippen LogP contribution in [0.15, 0.2) is 52.3 Å². The van der Waals surface area contributed by atoms with Crippen molar-refractivity contribution in [2.75, 3.05) is 11.5 Å². The van der Waals surface area contributed by atoms with E-state index >= 15 is 0 Å². The van der Waals surface area contributed by atoms with Crippen LogP contribution < -0.4 is 11.5 Å². The van der Waals surface area contributed by atoms with Crippen molar-refractivity contribution in [3.8, 4) is 0 Å². The van der Waals surface area contributed by atoms with Gasteiger partial charge in [-0.1, -0.05) is 41.6 Å². The molecule has 4 heteroatoms. The van der Waals surface area contributed by atoms with Gasteiger partial charge in [0.15, 0.2) is 0 Å². The maximum absolute atomic E-state index is 5.88. The lowest BCUT2D eigenvalue weighted by Gasteiger charge is -2.07. The van der Waals surface area contributed by atoms with Gasteiger partial charge in [-0.15, -0.1) is 0 Å². The summed E-state index contributed by atoms with van der Waals surface area (Å²) < 4.78 is 0. The second-order valence-electron chi connectivity index (χ2n) is 3.33. The van der Waals surface area contributed by atoms with Crippen molar-refractivity contribution >= 4 is 34.7 Å². The summed E-state index contributed by atoms with van der Waals surface area (Å²) in [4.78, 5) is 2.05. The first-order valence-corrected chi connectivity index (χ1v) is 5.93. The maximum atomic E-state index is 5.88. The zero-order chi connectivity index (χ0) is 11.5. The number of hydrogen-bond donors (Lipinski definition) is 2. The number of anilines is 2. The molecule has 0 aliphatic rings. The van der Waals surface area contributed by atoms with Gasteiger partial charge in [0, 0.05) is 15.5 Å². The van der Waals surface area contributed by atoms with E-state index in [4.69, 9.17) is 23.1 Å². The van der Waals surface area contributed by atoms with Gasteiger partial charge in [-0.25, -0.2) is 0 Å². The van der Waals surface area contributed by atoms with Gasteiger partial charge in [0.25, 0.3) is 0 Å². The van der Waals surface area contributed by atoms with Crippen LogP contribution >= 0.6 is 23.4 Å². The third-order valence-corrected chi connectivity index (χ3v) is 3.51. The molecule has 0 atom stereocenters. The number of halogens is 1. The van der Waals surface area contributed by atoms with E-state index < -0.39 is 0 Å². The van der Waals surface area contributed by atoms with Crippen LogP contribution in [0.3, 0.4) is 0 Å². The van der Waals surface area contributed by atoms with E-state index in [0.29, 0.717) is 16.4 Å². The Hall–Kier alpha value is -1.32. The van der Waals surface area contributed by atoms with Crippen LogP contribution in [0.4, 0.5) is 11.4 Å². The molecular formula is C12H11ClN2S. The lowest BCUT2D eigenvalue weighted by atomic mass is 10.3. The molecule has 0 aromatic heterocycles. The summed E-state index contributed by atoms with van der Waals surface area (Å²) in [6.45, 7) is 0. The fourth-order valence-corrected chi connectivity index (χ4v) is 2.37. The Morgan fingerprint density at radius 1 is 0.938 bits per heavy atom. The van der Waals surface area contributed by atoms with Gasteiger partial charge >= 0.3 is 0 Å². The second-order valence-corrected chi connectivity index (χ2v) is 4.85. The van der Waals surface area contributed by atoms with Crippen molar-refractivity contribution in [2.45, 2.75) is 9.79 Å². The topological polar surface area (TPSA) is 52.0 Å². The molecular weight excluding hydrogens is 240 g/mol. The molecule has 0 saturated carbocycles. The maximum Gasteiger partial charge on any atom is 0.0656 e. The molecule has 2 aromatic rings. The highest BCUT2D eigenvalue weighted by molar-refractivity contribution is 7.99. The van der Waals surface area contributed by atoms with E-state index in [0.717, 1.165) is 9.79 Å². The fourth-order valence-electron chi connectivity index (χ4n) is 1.29. The average Bonchev–Trinajstić information content (AvgIpc) is 2.27. The third-order valence-electron chi connectivity index (χ3n) is 2.10. The molecule has 0 fully saturated rings. The SMILES string of the molecule is Nc1cc(Sc2ccccc2)c(N)cc1Cl. The van der Waals surface area contributed by atoms with Gasteiger partial charge < -0.3 is 11.5 Å². The Labute approximate surface area is 104 Å². The highest BCUT2D eigenvalue weighted by atomic mass is 35.5. The van der Waals surface area contributed by atoms with Gasteiger partial charge in [-0.05, 0) is 24.3 Å². The summed E-state index contributed by atoms with van der Waals surface area (Å²) in [5.74, 6) is 0. The highest BCUT2D eigenvalue weighted by Crippen LogP contribution is 2.36. The zero-order valence-electron chi connectivity index (χ0n) is 8.48. The van der Waals surface area contributed by atoms with E-state index in [-0.39, 0.29) is 0 Å². The Balaban J connectivity index is 2.32. The number of nitrogen functional groups attached to an aromatic ring is 2. The summed E-state index contributed by atoms with van der Waals surface area (Å²) in [5.41, 5.74) is 12.8. The molecule has 82 valence electrons. The first-order valence-electron chi connectivity index (χ1n) is 4.74. The van der Waals surface area contributed by atoms with Crippen LogP contribution in [0.2, 0.25) is 5.02 Å². The van der Waals surface area contributed by atoms with Crippen LogP contribution in [-0.2, 0) is 0 Å². The van der Waals surface area contributed by atoms with Gasteiger partial charge in [0.1, 0.15) is 0 Å². The fraction of sp³-hybridized carbons (Fsp3) is 0. The first kappa shape index (κ1) is 11.2. The van der Waals surface area contributed by atoms with Gasteiger partial charge in [-0.2, -0.15) is 0 Å². The second kappa shape index (κ2) is 4.68. The lowest BCUT2D eigenvalue weighted by molar-refractivity contribution is 1.41. The Morgan fingerprint density at radius 3 is 2.31 bits per heavy atom. The van der Waals surface area contributed by atoms with E-state index in [1.165, 1.54) is 0 Å². The first-order chi connectivity index (χ1) is 7.66. The molecule has 0 heterocycles. The predicted molar refractivity (Wildman–Crippen MR) is 70.8 cm³/mol. The zero-order valence-corrected chi connectivity index (χ0v) is 10.1. The number of hydrogen-bond acceptors (Lipinski definition) is 3.